The first-order chi connectivity index (χ1) is 8.13. The first-order valence-corrected chi connectivity index (χ1v) is 6.43. The molecule has 0 radical (unpaired) electrons. The molecule has 0 amide bonds. The van der Waals surface area contributed by atoms with Crippen molar-refractivity contribution >= 4 is 0 Å². The van der Waals surface area contributed by atoms with Crippen molar-refractivity contribution in [1.29, 1.82) is 0 Å². The Morgan fingerprint density at radius 3 is 2.88 bits per heavy atom. The maximum absolute atomic E-state index is 9.89. The number of aliphatic hydroxyl groups is 1. The summed E-state index contributed by atoms with van der Waals surface area (Å²) < 4.78 is 4.94. The molecule has 1 heterocycles. The number of likely N-dealkylation sites (N-methyl/N-ethyl adjacent to an activating group) is 1. The van der Waals surface area contributed by atoms with Crippen LogP contribution in [0, 0.1) is 0 Å². The van der Waals surface area contributed by atoms with Crippen LogP contribution in [0.2, 0.25) is 0 Å². The van der Waals surface area contributed by atoms with E-state index in [9.17, 15) is 5.11 Å². The van der Waals surface area contributed by atoms with Crippen LogP contribution in [0.1, 0.15) is 6.92 Å². The third-order valence-corrected chi connectivity index (χ3v) is 3.38. The van der Waals surface area contributed by atoms with E-state index < -0.39 is 0 Å². The number of β-amino-alcohol motifs (C(OH)–C–C–N with tert-alkyl or cyclic N) is 1. The molecule has 0 aromatic rings. The Bertz CT molecular complexity index is 204. The van der Waals surface area contributed by atoms with Gasteiger partial charge in [-0.3, -0.25) is 4.90 Å². The Hall–Kier alpha value is -0.200. The van der Waals surface area contributed by atoms with Gasteiger partial charge in [0.1, 0.15) is 0 Å². The van der Waals surface area contributed by atoms with Crippen molar-refractivity contribution in [3.8, 4) is 0 Å². The second kappa shape index (κ2) is 8.00. The van der Waals surface area contributed by atoms with Crippen LogP contribution in [0.5, 0.6) is 0 Å². The fourth-order valence-corrected chi connectivity index (χ4v) is 2.10. The first kappa shape index (κ1) is 14.9. The normalized spacial score (nSPS) is 25.1. The second-order valence-electron chi connectivity index (χ2n) is 4.94. The summed E-state index contributed by atoms with van der Waals surface area (Å²) in [4.78, 5) is 4.70. The molecule has 0 aliphatic carbocycles. The van der Waals surface area contributed by atoms with E-state index in [4.69, 9.17) is 4.74 Å². The molecule has 1 fully saturated rings. The van der Waals surface area contributed by atoms with Crippen LogP contribution in [0.3, 0.4) is 0 Å². The maximum atomic E-state index is 9.89. The monoisotopic (exact) mass is 245 g/mol. The molecule has 102 valence electrons. The molecule has 5 heteroatoms. The van der Waals surface area contributed by atoms with E-state index in [-0.39, 0.29) is 6.10 Å². The van der Waals surface area contributed by atoms with Crippen LogP contribution in [-0.2, 0) is 4.74 Å². The lowest BCUT2D eigenvalue weighted by Crippen LogP contribution is -2.52. The van der Waals surface area contributed by atoms with Gasteiger partial charge < -0.3 is 20.1 Å². The fourth-order valence-electron chi connectivity index (χ4n) is 2.10. The lowest BCUT2D eigenvalue weighted by Gasteiger charge is -2.38. The third-order valence-electron chi connectivity index (χ3n) is 3.38. The summed E-state index contributed by atoms with van der Waals surface area (Å²) in [5.41, 5.74) is 0. The van der Waals surface area contributed by atoms with E-state index in [0.29, 0.717) is 19.2 Å². The molecule has 2 atom stereocenters. The molecule has 0 saturated carbocycles. The smallest absolute Gasteiger partial charge is 0.0791 e. The van der Waals surface area contributed by atoms with Crippen LogP contribution in [0.4, 0.5) is 0 Å². The lowest BCUT2D eigenvalue weighted by atomic mass is 10.2. The lowest BCUT2D eigenvalue weighted by molar-refractivity contribution is 0.0564. The number of aliphatic hydroxyl groups excluding tert-OH is 1. The van der Waals surface area contributed by atoms with Crippen LogP contribution < -0.4 is 5.32 Å². The largest absolute Gasteiger partial charge is 0.390 e. The number of hydrogen-bond donors (Lipinski definition) is 2. The van der Waals surface area contributed by atoms with Crippen molar-refractivity contribution in [2.45, 2.75) is 19.1 Å². The van der Waals surface area contributed by atoms with E-state index in [1.165, 1.54) is 0 Å². The quantitative estimate of drug-likeness (QED) is 0.576. The van der Waals surface area contributed by atoms with Gasteiger partial charge in [-0.25, -0.2) is 0 Å². The van der Waals surface area contributed by atoms with Crippen molar-refractivity contribution < 1.29 is 9.84 Å². The molecule has 1 aliphatic heterocycles. The molecule has 1 rings (SSSR count). The SMILES string of the molecule is COCCNCC(O)CN1CCN(C)C(C)C1. The average Bonchev–Trinajstić information content (AvgIpc) is 2.30. The van der Waals surface area contributed by atoms with Crippen LogP contribution in [-0.4, -0.2) is 87.1 Å². The van der Waals surface area contributed by atoms with Crippen LogP contribution >= 0.6 is 0 Å². The number of rotatable bonds is 7. The number of methoxy groups -OCH3 is 1. The highest BCUT2D eigenvalue weighted by atomic mass is 16.5. The maximum Gasteiger partial charge on any atom is 0.0791 e. The van der Waals surface area contributed by atoms with Gasteiger partial charge in [-0.05, 0) is 14.0 Å². The van der Waals surface area contributed by atoms with Gasteiger partial charge in [0.15, 0.2) is 0 Å². The predicted octanol–water partition coefficient (Wildman–Crippen LogP) is -0.781. The highest BCUT2D eigenvalue weighted by molar-refractivity contribution is 4.78. The minimum atomic E-state index is -0.289. The number of nitrogens with zero attached hydrogens (tertiary/aromatic N) is 2. The van der Waals surface area contributed by atoms with Crippen molar-refractivity contribution in [3.05, 3.63) is 0 Å². The summed E-state index contributed by atoms with van der Waals surface area (Å²) in [6.45, 7) is 8.31. The number of nitrogens with one attached hydrogen (secondary N) is 1. The molecule has 0 spiro atoms. The molecule has 1 saturated heterocycles. The van der Waals surface area contributed by atoms with Gasteiger partial charge in [-0.15, -0.1) is 0 Å². The standard InChI is InChI=1S/C12H27N3O2/c1-11-9-15(6-5-14(11)2)10-12(16)8-13-4-7-17-3/h11-13,16H,4-10H2,1-3H3. The minimum Gasteiger partial charge on any atom is -0.390 e. The van der Waals surface area contributed by atoms with E-state index in [0.717, 1.165) is 32.7 Å². The molecule has 2 unspecified atom stereocenters. The van der Waals surface area contributed by atoms with Crippen molar-refractivity contribution in [1.82, 2.24) is 15.1 Å². The Kier molecular flexibility index (Phi) is 6.99. The zero-order valence-corrected chi connectivity index (χ0v) is 11.4. The zero-order chi connectivity index (χ0) is 12.7. The molecule has 1 aliphatic rings. The summed E-state index contributed by atoms with van der Waals surface area (Å²) in [5.74, 6) is 0. The number of hydrogen-bond acceptors (Lipinski definition) is 5. The van der Waals surface area contributed by atoms with E-state index >= 15 is 0 Å². The number of piperazine rings is 1. The molecule has 17 heavy (non-hydrogen) atoms. The van der Waals surface area contributed by atoms with Gasteiger partial charge in [0, 0.05) is 52.4 Å². The van der Waals surface area contributed by atoms with Crippen molar-refractivity contribution in [2.24, 2.45) is 0 Å². The minimum absolute atomic E-state index is 0.289. The first-order valence-electron chi connectivity index (χ1n) is 6.43. The van der Waals surface area contributed by atoms with Crippen molar-refractivity contribution in [3.63, 3.8) is 0 Å². The average molecular weight is 245 g/mol. The fraction of sp³-hybridized carbons (Fsp3) is 1.00. The van der Waals surface area contributed by atoms with E-state index in [1.807, 2.05) is 0 Å². The highest BCUT2D eigenvalue weighted by Crippen LogP contribution is 2.07. The van der Waals surface area contributed by atoms with Gasteiger partial charge in [-0.2, -0.15) is 0 Å². The van der Waals surface area contributed by atoms with Gasteiger partial charge in [0.25, 0.3) is 0 Å². The van der Waals surface area contributed by atoms with Gasteiger partial charge in [0.2, 0.25) is 0 Å². The predicted molar refractivity (Wildman–Crippen MR) is 69.3 cm³/mol. The Labute approximate surface area is 105 Å². The molecule has 5 nitrogen and oxygen atoms in total. The Morgan fingerprint density at radius 2 is 2.24 bits per heavy atom. The summed E-state index contributed by atoms with van der Waals surface area (Å²) in [6, 6.07) is 0.581. The Morgan fingerprint density at radius 1 is 1.47 bits per heavy atom. The topological polar surface area (TPSA) is 48.0 Å². The van der Waals surface area contributed by atoms with Crippen LogP contribution in [0.15, 0.2) is 0 Å². The summed E-state index contributed by atoms with van der Waals surface area (Å²) in [7, 11) is 3.84. The molecule has 2 N–H and O–H groups in total. The van der Waals surface area contributed by atoms with Gasteiger partial charge in [-0.1, -0.05) is 0 Å². The molecule has 0 bridgehead atoms. The zero-order valence-electron chi connectivity index (χ0n) is 11.4. The Balaban J connectivity index is 2.11. The molecule has 0 aromatic heterocycles. The molecular formula is C12H27N3O2. The second-order valence-corrected chi connectivity index (χ2v) is 4.94. The molecular weight excluding hydrogens is 218 g/mol. The van der Waals surface area contributed by atoms with Gasteiger partial charge >= 0.3 is 0 Å². The highest BCUT2D eigenvalue weighted by Gasteiger charge is 2.21. The summed E-state index contributed by atoms with van der Waals surface area (Å²) in [6.07, 6.45) is -0.289. The number of ether oxygens (including phenoxy) is 1. The summed E-state index contributed by atoms with van der Waals surface area (Å²) in [5, 5.41) is 13.1. The van der Waals surface area contributed by atoms with Gasteiger partial charge in [0.05, 0.1) is 12.7 Å². The summed E-state index contributed by atoms with van der Waals surface area (Å²) >= 11 is 0. The van der Waals surface area contributed by atoms with Crippen LogP contribution in [0.25, 0.3) is 0 Å². The van der Waals surface area contributed by atoms with Crippen molar-refractivity contribution in [2.75, 3.05) is 60.0 Å². The molecule has 0 aromatic carbocycles. The third kappa shape index (κ3) is 5.79. The van der Waals surface area contributed by atoms with E-state index in [1.54, 1.807) is 7.11 Å². The van der Waals surface area contributed by atoms with E-state index in [2.05, 4.69) is 29.1 Å².